The zero-order valence-corrected chi connectivity index (χ0v) is 9.91. The smallest absolute Gasteiger partial charge is 0.0451 e. The normalized spacial score (nSPS) is 20.8. The fourth-order valence-corrected chi connectivity index (χ4v) is 2.14. The molecule has 82 valence electrons. The predicted octanol–water partition coefficient (Wildman–Crippen LogP) is 2.44. The molecule has 0 unspecified atom stereocenters. The van der Waals surface area contributed by atoms with Crippen molar-refractivity contribution in [2.75, 3.05) is 13.1 Å². The Morgan fingerprint density at radius 3 is 3.00 bits per heavy atom. The van der Waals surface area contributed by atoms with Crippen molar-refractivity contribution in [3.05, 3.63) is 33.8 Å². The maximum Gasteiger partial charge on any atom is 0.0451 e. The van der Waals surface area contributed by atoms with Gasteiger partial charge in [0.2, 0.25) is 0 Å². The fourth-order valence-electron chi connectivity index (χ4n) is 1.76. The lowest BCUT2D eigenvalue weighted by atomic mass is 10.2. The maximum absolute atomic E-state index is 6.07. The Kier molecular flexibility index (Phi) is 3.87. The van der Waals surface area contributed by atoms with Crippen LogP contribution >= 0.6 is 23.2 Å². The van der Waals surface area contributed by atoms with Crippen LogP contribution in [0.4, 0.5) is 0 Å². The summed E-state index contributed by atoms with van der Waals surface area (Å²) in [6.07, 6.45) is 1.18. The van der Waals surface area contributed by atoms with Gasteiger partial charge in [0.15, 0.2) is 0 Å². The lowest BCUT2D eigenvalue weighted by Crippen LogP contribution is -2.30. The first-order chi connectivity index (χ1) is 7.25. The maximum atomic E-state index is 6.07. The Balaban J connectivity index is 1.94. The third-order valence-corrected chi connectivity index (χ3v) is 3.25. The van der Waals surface area contributed by atoms with Gasteiger partial charge in [-0.25, -0.2) is 0 Å². The van der Waals surface area contributed by atoms with Gasteiger partial charge in [-0.3, -0.25) is 0 Å². The van der Waals surface area contributed by atoms with Gasteiger partial charge in [-0.1, -0.05) is 23.2 Å². The Morgan fingerprint density at radius 2 is 2.27 bits per heavy atom. The molecular formula is C11H14Cl2N2. The highest BCUT2D eigenvalue weighted by Gasteiger charge is 2.13. The molecule has 1 atom stereocenters. The molecule has 15 heavy (non-hydrogen) atoms. The number of hydrogen-bond donors (Lipinski definition) is 2. The Hall–Kier alpha value is -0.280. The van der Waals surface area contributed by atoms with Crippen molar-refractivity contribution in [3.8, 4) is 0 Å². The average molecular weight is 245 g/mol. The van der Waals surface area contributed by atoms with Crippen LogP contribution in [0.1, 0.15) is 12.0 Å². The van der Waals surface area contributed by atoms with Gasteiger partial charge >= 0.3 is 0 Å². The van der Waals surface area contributed by atoms with Crippen molar-refractivity contribution in [1.29, 1.82) is 0 Å². The van der Waals surface area contributed by atoms with E-state index in [0.29, 0.717) is 6.04 Å². The minimum atomic E-state index is 0.556. The van der Waals surface area contributed by atoms with Crippen LogP contribution in [0.5, 0.6) is 0 Å². The first-order valence-corrected chi connectivity index (χ1v) is 5.89. The fraction of sp³-hybridized carbons (Fsp3) is 0.455. The van der Waals surface area contributed by atoms with E-state index in [1.54, 1.807) is 0 Å². The second-order valence-corrected chi connectivity index (χ2v) is 4.65. The van der Waals surface area contributed by atoms with Crippen LogP contribution in [0.2, 0.25) is 10.0 Å². The molecule has 2 rings (SSSR count). The molecule has 0 radical (unpaired) electrons. The van der Waals surface area contributed by atoms with Gasteiger partial charge in [0.1, 0.15) is 0 Å². The van der Waals surface area contributed by atoms with E-state index in [0.717, 1.165) is 35.2 Å². The minimum Gasteiger partial charge on any atom is -0.315 e. The minimum absolute atomic E-state index is 0.556. The summed E-state index contributed by atoms with van der Waals surface area (Å²) in [5.74, 6) is 0. The summed E-state index contributed by atoms with van der Waals surface area (Å²) >= 11 is 12.0. The number of halogens is 2. The van der Waals surface area contributed by atoms with Crippen LogP contribution in [0, 0.1) is 0 Å². The molecule has 1 heterocycles. The molecule has 0 aliphatic carbocycles. The largest absolute Gasteiger partial charge is 0.315 e. The molecule has 0 saturated carbocycles. The lowest BCUT2D eigenvalue weighted by molar-refractivity contribution is 0.547. The first-order valence-electron chi connectivity index (χ1n) is 5.14. The topological polar surface area (TPSA) is 24.1 Å². The molecule has 1 aliphatic rings. The third-order valence-electron chi connectivity index (χ3n) is 2.65. The standard InChI is InChI=1S/C11H14Cl2N2/c12-9-1-2-11(13)8(5-9)6-15-10-3-4-14-7-10/h1-2,5,10,14-15H,3-4,6-7H2/t10-/m1/s1. The van der Waals surface area contributed by atoms with Gasteiger partial charge in [-0.15, -0.1) is 0 Å². The van der Waals surface area contributed by atoms with Crippen LogP contribution in [0.25, 0.3) is 0 Å². The highest BCUT2D eigenvalue weighted by atomic mass is 35.5. The van der Waals surface area contributed by atoms with Gasteiger partial charge in [0.05, 0.1) is 0 Å². The summed E-state index contributed by atoms with van der Waals surface area (Å²) in [5.41, 5.74) is 1.07. The Morgan fingerprint density at radius 1 is 1.40 bits per heavy atom. The number of rotatable bonds is 3. The van der Waals surface area contributed by atoms with E-state index in [4.69, 9.17) is 23.2 Å². The molecule has 1 aromatic rings. The summed E-state index contributed by atoms with van der Waals surface area (Å²) in [6.45, 7) is 2.92. The Bertz CT molecular complexity index is 335. The third kappa shape index (κ3) is 3.08. The molecule has 2 N–H and O–H groups in total. The van der Waals surface area contributed by atoms with E-state index in [2.05, 4.69) is 10.6 Å². The zero-order valence-electron chi connectivity index (χ0n) is 8.39. The first kappa shape index (κ1) is 11.2. The Labute approximate surface area is 100.0 Å². The molecule has 0 aromatic heterocycles. The van der Waals surface area contributed by atoms with E-state index in [1.807, 2.05) is 18.2 Å². The van der Waals surface area contributed by atoms with Crippen molar-refractivity contribution < 1.29 is 0 Å². The van der Waals surface area contributed by atoms with Crippen molar-refractivity contribution in [3.63, 3.8) is 0 Å². The van der Waals surface area contributed by atoms with Crippen molar-refractivity contribution >= 4 is 23.2 Å². The zero-order chi connectivity index (χ0) is 10.7. The van der Waals surface area contributed by atoms with Crippen LogP contribution in [-0.4, -0.2) is 19.1 Å². The van der Waals surface area contributed by atoms with Gasteiger partial charge in [-0.2, -0.15) is 0 Å². The quantitative estimate of drug-likeness (QED) is 0.854. The summed E-state index contributed by atoms with van der Waals surface area (Å²) in [4.78, 5) is 0. The summed E-state index contributed by atoms with van der Waals surface area (Å²) < 4.78 is 0. The molecule has 0 spiro atoms. The SMILES string of the molecule is Clc1ccc(Cl)c(CN[C@@H]2CCNC2)c1. The van der Waals surface area contributed by atoms with Crippen LogP contribution < -0.4 is 10.6 Å². The molecule has 1 fully saturated rings. The summed E-state index contributed by atoms with van der Waals surface area (Å²) in [7, 11) is 0. The van der Waals surface area contributed by atoms with Crippen molar-refractivity contribution in [2.24, 2.45) is 0 Å². The van der Waals surface area contributed by atoms with E-state index in [-0.39, 0.29) is 0 Å². The number of benzene rings is 1. The van der Waals surface area contributed by atoms with Crippen LogP contribution in [0.15, 0.2) is 18.2 Å². The molecule has 1 aliphatic heterocycles. The molecule has 4 heteroatoms. The second kappa shape index (κ2) is 5.17. The van der Waals surface area contributed by atoms with E-state index < -0.39 is 0 Å². The monoisotopic (exact) mass is 244 g/mol. The highest BCUT2D eigenvalue weighted by Crippen LogP contribution is 2.20. The molecule has 2 nitrogen and oxygen atoms in total. The van der Waals surface area contributed by atoms with Crippen LogP contribution in [0.3, 0.4) is 0 Å². The number of hydrogen-bond acceptors (Lipinski definition) is 2. The van der Waals surface area contributed by atoms with Gasteiger partial charge in [0, 0.05) is 29.2 Å². The van der Waals surface area contributed by atoms with Gasteiger partial charge in [0.25, 0.3) is 0 Å². The van der Waals surface area contributed by atoms with Crippen molar-refractivity contribution in [2.45, 2.75) is 19.0 Å². The molecule has 0 bridgehead atoms. The van der Waals surface area contributed by atoms with E-state index in [9.17, 15) is 0 Å². The number of nitrogens with one attached hydrogen (secondary N) is 2. The highest BCUT2D eigenvalue weighted by molar-refractivity contribution is 6.33. The molecular weight excluding hydrogens is 231 g/mol. The van der Waals surface area contributed by atoms with Gasteiger partial charge < -0.3 is 10.6 Å². The van der Waals surface area contributed by atoms with Gasteiger partial charge in [-0.05, 0) is 36.7 Å². The lowest BCUT2D eigenvalue weighted by Gasteiger charge is -2.12. The predicted molar refractivity (Wildman–Crippen MR) is 64.6 cm³/mol. The van der Waals surface area contributed by atoms with Crippen LogP contribution in [-0.2, 0) is 6.54 Å². The summed E-state index contributed by atoms with van der Waals surface area (Å²) in [6, 6.07) is 6.12. The molecule has 1 aromatic carbocycles. The molecule has 0 amide bonds. The van der Waals surface area contributed by atoms with E-state index >= 15 is 0 Å². The average Bonchev–Trinajstić information content (AvgIpc) is 2.72. The molecule has 1 saturated heterocycles. The van der Waals surface area contributed by atoms with Crippen molar-refractivity contribution in [1.82, 2.24) is 10.6 Å². The second-order valence-electron chi connectivity index (χ2n) is 3.81. The summed E-state index contributed by atoms with van der Waals surface area (Å²) in [5, 5.41) is 8.29. The van der Waals surface area contributed by atoms with E-state index in [1.165, 1.54) is 6.42 Å².